The predicted octanol–water partition coefficient (Wildman–Crippen LogP) is 3.53. The zero-order chi connectivity index (χ0) is 19.7. The maximum absolute atomic E-state index is 12.7. The standard InChI is InChI=1S/C21H34N4O2S/c1-16-7-6-13-25(16)18-12-14-24(15-18)21-11-10-20(17(2)22-21)23-28(26,27)19-8-4-3-5-9-19/h10-11,16,18-19,23H,3-9,12-15H2,1-2H3/t16-,18-/m0/s1. The molecule has 0 amide bonds. The van der Waals surface area contributed by atoms with Crippen LogP contribution >= 0.6 is 0 Å². The molecule has 0 radical (unpaired) electrons. The van der Waals surface area contributed by atoms with Crippen LogP contribution < -0.4 is 9.62 Å². The van der Waals surface area contributed by atoms with Gasteiger partial charge in [-0.2, -0.15) is 0 Å². The summed E-state index contributed by atoms with van der Waals surface area (Å²) >= 11 is 0. The molecule has 1 aromatic rings. The van der Waals surface area contributed by atoms with Crippen LogP contribution in [0.1, 0.15) is 64.0 Å². The van der Waals surface area contributed by atoms with Crippen molar-refractivity contribution < 1.29 is 8.42 Å². The Morgan fingerprint density at radius 1 is 1.04 bits per heavy atom. The summed E-state index contributed by atoms with van der Waals surface area (Å²) in [6.45, 7) is 7.50. The minimum atomic E-state index is -3.33. The van der Waals surface area contributed by atoms with Gasteiger partial charge in [0.05, 0.1) is 16.6 Å². The minimum absolute atomic E-state index is 0.262. The van der Waals surface area contributed by atoms with E-state index in [0.717, 1.165) is 56.7 Å². The quantitative estimate of drug-likeness (QED) is 0.810. The van der Waals surface area contributed by atoms with Crippen molar-refractivity contribution in [1.29, 1.82) is 0 Å². The SMILES string of the molecule is Cc1nc(N2CC[C@H](N3CCC[C@@H]3C)C2)ccc1NS(=O)(=O)C1CCCCC1. The molecule has 1 aromatic heterocycles. The predicted molar refractivity (Wildman–Crippen MR) is 114 cm³/mol. The Hall–Kier alpha value is -1.34. The van der Waals surface area contributed by atoms with Gasteiger partial charge in [-0.3, -0.25) is 9.62 Å². The van der Waals surface area contributed by atoms with E-state index in [1.165, 1.54) is 25.8 Å². The Labute approximate surface area is 169 Å². The van der Waals surface area contributed by atoms with Gasteiger partial charge >= 0.3 is 0 Å². The van der Waals surface area contributed by atoms with E-state index in [4.69, 9.17) is 4.98 Å². The molecule has 1 N–H and O–H groups in total. The second-order valence-electron chi connectivity index (χ2n) is 8.83. The average Bonchev–Trinajstić information content (AvgIpc) is 3.33. The van der Waals surface area contributed by atoms with Crippen LogP contribution in [0, 0.1) is 6.92 Å². The molecule has 156 valence electrons. The highest BCUT2D eigenvalue weighted by atomic mass is 32.2. The van der Waals surface area contributed by atoms with Gasteiger partial charge in [-0.1, -0.05) is 19.3 Å². The molecule has 0 aromatic carbocycles. The van der Waals surface area contributed by atoms with Gasteiger partial charge in [-0.25, -0.2) is 13.4 Å². The highest BCUT2D eigenvalue weighted by Gasteiger charge is 2.33. The van der Waals surface area contributed by atoms with Gasteiger partial charge in [-0.15, -0.1) is 0 Å². The fourth-order valence-electron chi connectivity index (χ4n) is 5.16. The summed E-state index contributed by atoms with van der Waals surface area (Å²) in [5.74, 6) is 0.965. The van der Waals surface area contributed by atoms with Gasteiger partial charge in [0, 0.05) is 25.2 Å². The normalized spacial score (nSPS) is 27.4. The molecule has 3 fully saturated rings. The molecule has 2 atom stereocenters. The lowest BCUT2D eigenvalue weighted by molar-refractivity contribution is 0.204. The number of nitrogens with one attached hydrogen (secondary N) is 1. The van der Waals surface area contributed by atoms with E-state index in [0.29, 0.717) is 17.8 Å². The number of aryl methyl sites for hydroxylation is 1. The van der Waals surface area contributed by atoms with Gasteiger partial charge in [0.15, 0.2) is 0 Å². The third kappa shape index (κ3) is 4.15. The molecule has 2 aliphatic heterocycles. The molecular weight excluding hydrogens is 372 g/mol. The lowest BCUT2D eigenvalue weighted by atomic mass is 10.0. The zero-order valence-corrected chi connectivity index (χ0v) is 18.0. The van der Waals surface area contributed by atoms with E-state index in [9.17, 15) is 8.42 Å². The summed E-state index contributed by atoms with van der Waals surface area (Å²) in [6.07, 6.45) is 8.50. The first-order chi connectivity index (χ1) is 13.4. The monoisotopic (exact) mass is 406 g/mol. The van der Waals surface area contributed by atoms with Crippen molar-refractivity contribution >= 4 is 21.5 Å². The van der Waals surface area contributed by atoms with Crippen molar-refractivity contribution in [2.75, 3.05) is 29.3 Å². The van der Waals surface area contributed by atoms with Crippen molar-refractivity contribution in [3.05, 3.63) is 17.8 Å². The van der Waals surface area contributed by atoms with Crippen LogP contribution in [0.5, 0.6) is 0 Å². The number of hydrogen-bond acceptors (Lipinski definition) is 5. The van der Waals surface area contributed by atoms with Crippen LogP contribution in [0.2, 0.25) is 0 Å². The highest BCUT2D eigenvalue weighted by molar-refractivity contribution is 7.93. The smallest absolute Gasteiger partial charge is 0.235 e. The Morgan fingerprint density at radius 2 is 1.82 bits per heavy atom. The second kappa shape index (κ2) is 8.19. The first kappa shape index (κ1) is 20.0. The summed E-state index contributed by atoms with van der Waals surface area (Å²) < 4.78 is 28.2. The molecule has 6 nitrogen and oxygen atoms in total. The molecule has 1 saturated carbocycles. The van der Waals surface area contributed by atoms with Crippen LogP contribution in [-0.4, -0.2) is 55.3 Å². The molecule has 3 aliphatic rings. The number of sulfonamides is 1. The number of anilines is 2. The molecule has 0 spiro atoms. The van der Waals surface area contributed by atoms with Crippen LogP contribution in [0.25, 0.3) is 0 Å². The number of pyridine rings is 1. The van der Waals surface area contributed by atoms with E-state index in [1.54, 1.807) is 0 Å². The van der Waals surface area contributed by atoms with Gasteiger partial charge in [0.2, 0.25) is 10.0 Å². The molecule has 1 aliphatic carbocycles. The average molecular weight is 407 g/mol. The molecule has 28 heavy (non-hydrogen) atoms. The van der Waals surface area contributed by atoms with Gasteiger partial charge in [0.25, 0.3) is 0 Å². The summed E-state index contributed by atoms with van der Waals surface area (Å²) in [7, 11) is -3.33. The van der Waals surface area contributed by atoms with E-state index >= 15 is 0 Å². The Morgan fingerprint density at radius 3 is 2.50 bits per heavy atom. The fraction of sp³-hybridized carbons (Fsp3) is 0.762. The van der Waals surface area contributed by atoms with E-state index in [1.807, 2.05) is 19.1 Å². The summed E-state index contributed by atoms with van der Waals surface area (Å²) in [4.78, 5) is 9.75. The Balaban J connectivity index is 1.42. The molecule has 3 heterocycles. The minimum Gasteiger partial charge on any atom is -0.355 e. The molecule has 0 bridgehead atoms. The first-order valence-electron chi connectivity index (χ1n) is 10.9. The van der Waals surface area contributed by atoms with Gasteiger partial charge < -0.3 is 4.90 Å². The van der Waals surface area contributed by atoms with Crippen LogP contribution in [0.15, 0.2) is 12.1 Å². The molecular formula is C21H34N4O2S. The first-order valence-corrected chi connectivity index (χ1v) is 12.5. The van der Waals surface area contributed by atoms with Crippen molar-refractivity contribution in [3.63, 3.8) is 0 Å². The molecule has 4 rings (SSSR count). The molecule has 0 unspecified atom stereocenters. The van der Waals surface area contributed by atoms with Crippen molar-refractivity contribution in [2.45, 2.75) is 82.5 Å². The van der Waals surface area contributed by atoms with Gasteiger partial charge in [0.1, 0.15) is 5.82 Å². The zero-order valence-electron chi connectivity index (χ0n) is 17.2. The molecule has 2 saturated heterocycles. The highest BCUT2D eigenvalue weighted by Crippen LogP contribution is 2.30. The number of nitrogens with zero attached hydrogens (tertiary/aromatic N) is 3. The maximum Gasteiger partial charge on any atom is 0.235 e. The van der Waals surface area contributed by atoms with Gasteiger partial charge in [-0.05, 0) is 64.6 Å². The van der Waals surface area contributed by atoms with E-state index in [2.05, 4.69) is 21.4 Å². The third-order valence-electron chi connectivity index (χ3n) is 6.88. The second-order valence-corrected chi connectivity index (χ2v) is 10.8. The van der Waals surface area contributed by atoms with Crippen molar-refractivity contribution in [3.8, 4) is 0 Å². The van der Waals surface area contributed by atoms with E-state index in [-0.39, 0.29) is 5.25 Å². The van der Waals surface area contributed by atoms with Crippen LogP contribution in [0.4, 0.5) is 11.5 Å². The summed E-state index contributed by atoms with van der Waals surface area (Å²) in [5, 5.41) is -0.262. The van der Waals surface area contributed by atoms with Crippen LogP contribution in [-0.2, 0) is 10.0 Å². The van der Waals surface area contributed by atoms with Crippen molar-refractivity contribution in [1.82, 2.24) is 9.88 Å². The van der Waals surface area contributed by atoms with Crippen LogP contribution in [0.3, 0.4) is 0 Å². The number of rotatable bonds is 5. The molecule has 7 heteroatoms. The summed E-state index contributed by atoms with van der Waals surface area (Å²) in [6, 6.07) is 5.17. The fourth-order valence-corrected chi connectivity index (χ4v) is 6.81. The van der Waals surface area contributed by atoms with Crippen molar-refractivity contribution in [2.24, 2.45) is 0 Å². The summed E-state index contributed by atoms with van der Waals surface area (Å²) in [5.41, 5.74) is 1.38. The lowest BCUT2D eigenvalue weighted by Gasteiger charge is -2.28. The lowest BCUT2D eigenvalue weighted by Crippen LogP contribution is -2.39. The maximum atomic E-state index is 12.7. The van der Waals surface area contributed by atoms with E-state index < -0.39 is 10.0 Å². The Bertz CT molecular complexity index is 792. The topological polar surface area (TPSA) is 65.5 Å². The number of aromatic nitrogens is 1. The third-order valence-corrected chi connectivity index (χ3v) is 8.73. The number of hydrogen-bond donors (Lipinski definition) is 1. The largest absolute Gasteiger partial charge is 0.355 e. The number of likely N-dealkylation sites (tertiary alicyclic amines) is 1. The Kier molecular flexibility index (Phi) is 5.83.